The molecule has 0 amide bonds. The number of aromatic nitrogens is 2. The summed E-state index contributed by atoms with van der Waals surface area (Å²) in [5.74, 6) is 0.401. The van der Waals surface area contributed by atoms with E-state index in [0.29, 0.717) is 10.8 Å². The molecule has 0 saturated carbocycles. The summed E-state index contributed by atoms with van der Waals surface area (Å²) in [6.45, 7) is 2.78. The lowest BCUT2D eigenvalue weighted by Gasteiger charge is -1.88. The number of nitrogens with two attached hydrogens (primary N) is 1. The van der Waals surface area contributed by atoms with Gasteiger partial charge < -0.3 is 5.73 Å². The number of hydrogen-bond donors (Lipinski definition) is 1. The monoisotopic (exact) mass is 181 g/mol. The molecule has 0 saturated heterocycles. The third kappa shape index (κ3) is 1.78. The number of rotatable bonds is 1. The van der Waals surface area contributed by atoms with Crippen LogP contribution < -0.4 is 5.73 Å². The van der Waals surface area contributed by atoms with Crippen molar-refractivity contribution in [2.75, 3.05) is 5.73 Å². The Hall–Kier alpha value is -0.410. The fraction of sp³-hybridized carbons (Fsp3) is 0.400. The fourth-order valence-corrected chi connectivity index (χ4v) is 0.724. The summed E-state index contributed by atoms with van der Waals surface area (Å²) in [7, 11) is 0. The Kier molecular flexibility index (Phi) is 3.53. The molecule has 0 fully saturated rings. The first-order valence-corrected chi connectivity index (χ1v) is 3.10. The van der Waals surface area contributed by atoms with Crippen LogP contribution in [0.5, 0.6) is 0 Å². The van der Waals surface area contributed by atoms with Crippen molar-refractivity contribution in [1.29, 1.82) is 0 Å². The highest BCUT2D eigenvalue weighted by Gasteiger charge is 1.98. The molecule has 5 heteroatoms. The average molecular weight is 182 g/mol. The minimum Gasteiger partial charge on any atom is -0.381 e. The molecule has 0 aliphatic rings. The van der Waals surface area contributed by atoms with E-state index in [1.807, 2.05) is 6.92 Å². The minimum absolute atomic E-state index is 0. The van der Waals surface area contributed by atoms with Gasteiger partial charge in [0.15, 0.2) is 5.82 Å². The number of nitrogens with zero attached hydrogens (tertiary/aromatic N) is 2. The third-order valence-corrected chi connectivity index (χ3v) is 1.36. The summed E-state index contributed by atoms with van der Waals surface area (Å²) in [6, 6.07) is 0. The summed E-state index contributed by atoms with van der Waals surface area (Å²) >= 11 is 5.60. The van der Waals surface area contributed by atoms with Crippen molar-refractivity contribution in [3.05, 3.63) is 11.2 Å². The topological polar surface area (TPSA) is 43.8 Å². The highest BCUT2D eigenvalue weighted by molar-refractivity contribution is 6.32. The second kappa shape index (κ2) is 3.68. The number of anilines is 1. The van der Waals surface area contributed by atoms with Gasteiger partial charge in [-0.2, -0.15) is 5.10 Å². The summed E-state index contributed by atoms with van der Waals surface area (Å²) < 4.78 is 1.69. The molecule has 2 N–H and O–H groups in total. The highest BCUT2D eigenvalue weighted by Crippen LogP contribution is 2.14. The van der Waals surface area contributed by atoms with Crippen molar-refractivity contribution in [2.45, 2.75) is 13.5 Å². The zero-order valence-electron chi connectivity index (χ0n) is 5.54. The zero-order valence-corrected chi connectivity index (χ0v) is 7.11. The van der Waals surface area contributed by atoms with Gasteiger partial charge in [-0.25, -0.2) is 0 Å². The van der Waals surface area contributed by atoms with Gasteiger partial charge >= 0.3 is 0 Å². The van der Waals surface area contributed by atoms with Crippen LogP contribution in [0.4, 0.5) is 5.82 Å². The maximum Gasteiger partial charge on any atom is 0.164 e. The van der Waals surface area contributed by atoms with Crippen LogP contribution in [-0.2, 0) is 6.54 Å². The van der Waals surface area contributed by atoms with Crippen molar-refractivity contribution in [1.82, 2.24) is 9.78 Å². The van der Waals surface area contributed by atoms with Crippen LogP contribution >= 0.6 is 24.0 Å². The Morgan fingerprint density at radius 3 is 2.60 bits per heavy atom. The van der Waals surface area contributed by atoms with Crippen LogP contribution in [-0.4, -0.2) is 9.78 Å². The zero-order chi connectivity index (χ0) is 6.85. The van der Waals surface area contributed by atoms with E-state index in [9.17, 15) is 0 Å². The second-order valence-electron chi connectivity index (χ2n) is 1.72. The average Bonchev–Trinajstić information content (AvgIpc) is 2.13. The van der Waals surface area contributed by atoms with Crippen molar-refractivity contribution < 1.29 is 0 Å². The summed E-state index contributed by atoms with van der Waals surface area (Å²) in [4.78, 5) is 0. The van der Waals surface area contributed by atoms with Crippen LogP contribution in [0.1, 0.15) is 6.92 Å². The van der Waals surface area contributed by atoms with Crippen molar-refractivity contribution in [3.8, 4) is 0 Å². The largest absolute Gasteiger partial charge is 0.381 e. The summed E-state index contributed by atoms with van der Waals surface area (Å²) in [5, 5.41) is 4.42. The first-order chi connectivity index (χ1) is 4.24. The van der Waals surface area contributed by atoms with Gasteiger partial charge in [0.25, 0.3) is 0 Å². The van der Waals surface area contributed by atoms with Gasteiger partial charge in [-0.05, 0) is 6.92 Å². The van der Waals surface area contributed by atoms with Crippen molar-refractivity contribution in [3.63, 3.8) is 0 Å². The van der Waals surface area contributed by atoms with Crippen LogP contribution in [0, 0.1) is 0 Å². The summed E-state index contributed by atoms with van der Waals surface area (Å²) in [5.41, 5.74) is 5.35. The second-order valence-corrected chi connectivity index (χ2v) is 2.13. The molecule has 58 valence electrons. The summed E-state index contributed by atoms with van der Waals surface area (Å²) in [6.07, 6.45) is 1.71. The van der Waals surface area contributed by atoms with E-state index in [-0.39, 0.29) is 12.4 Å². The molecule has 1 rings (SSSR count). The standard InChI is InChI=1S/C5H8ClN3.ClH/c1-2-9-3-4(6)5(7)8-9;/h3H,2H2,1H3,(H2,7,8);1H. The molecule has 0 radical (unpaired) electrons. The molecule has 0 aromatic carbocycles. The van der Waals surface area contributed by atoms with Crippen molar-refractivity contribution in [2.24, 2.45) is 0 Å². The lowest BCUT2D eigenvalue weighted by molar-refractivity contribution is 0.663. The molecule has 0 aliphatic heterocycles. The lowest BCUT2D eigenvalue weighted by atomic mass is 10.6. The molecule has 10 heavy (non-hydrogen) atoms. The van der Waals surface area contributed by atoms with E-state index in [1.165, 1.54) is 0 Å². The first kappa shape index (κ1) is 9.59. The van der Waals surface area contributed by atoms with Gasteiger partial charge in [0, 0.05) is 12.7 Å². The molecular weight excluding hydrogens is 173 g/mol. The lowest BCUT2D eigenvalue weighted by Crippen LogP contribution is -1.95. The van der Waals surface area contributed by atoms with Crippen LogP contribution in [0.25, 0.3) is 0 Å². The van der Waals surface area contributed by atoms with Gasteiger partial charge in [0.1, 0.15) is 5.02 Å². The number of nitrogen functional groups attached to an aromatic ring is 1. The Morgan fingerprint density at radius 1 is 1.80 bits per heavy atom. The van der Waals surface area contributed by atoms with E-state index < -0.39 is 0 Å². The predicted octanol–water partition coefficient (Wildman–Crippen LogP) is 1.56. The van der Waals surface area contributed by atoms with E-state index in [2.05, 4.69) is 5.10 Å². The molecule has 0 atom stereocenters. The van der Waals surface area contributed by atoms with Gasteiger partial charge in [0.2, 0.25) is 0 Å². The van der Waals surface area contributed by atoms with Crippen molar-refractivity contribution >= 4 is 29.8 Å². The van der Waals surface area contributed by atoms with E-state index in [1.54, 1.807) is 10.9 Å². The van der Waals surface area contributed by atoms with E-state index in [0.717, 1.165) is 6.54 Å². The molecule has 0 aliphatic carbocycles. The highest BCUT2D eigenvalue weighted by atomic mass is 35.5. The smallest absolute Gasteiger partial charge is 0.164 e. The van der Waals surface area contributed by atoms with Crippen LogP contribution in [0.3, 0.4) is 0 Å². The predicted molar refractivity (Wildman–Crippen MR) is 44.6 cm³/mol. The Labute approximate surface area is 70.6 Å². The Morgan fingerprint density at radius 2 is 2.40 bits per heavy atom. The molecule has 0 spiro atoms. The molecule has 1 heterocycles. The maximum atomic E-state index is 5.60. The quantitative estimate of drug-likeness (QED) is 0.716. The molecule has 0 unspecified atom stereocenters. The molecule has 1 aromatic heterocycles. The van der Waals surface area contributed by atoms with Crippen LogP contribution in [0.2, 0.25) is 5.02 Å². The minimum atomic E-state index is 0. The van der Waals surface area contributed by atoms with Gasteiger partial charge in [-0.1, -0.05) is 11.6 Å². The van der Waals surface area contributed by atoms with E-state index >= 15 is 0 Å². The number of hydrogen-bond acceptors (Lipinski definition) is 2. The SMILES string of the molecule is CCn1cc(Cl)c(N)n1.Cl. The molecule has 3 nitrogen and oxygen atoms in total. The third-order valence-electron chi connectivity index (χ3n) is 1.07. The maximum absolute atomic E-state index is 5.60. The van der Waals surface area contributed by atoms with E-state index in [4.69, 9.17) is 17.3 Å². The fourth-order valence-electron chi connectivity index (χ4n) is 0.574. The molecular formula is C5H9Cl2N3. The normalized spacial score (nSPS) is 9.00. The first-order valence-electron chi connectivity index (χ1n) is 2.72. The Bertz CT molecular complexity index is 189. The number of halogens is 2. The number of aryl methyl sites for hydroxylation is 1. The van der Waals surface area contributed by atoms with Gasteiger partial charge in [-0.3, -0.25) is 4.68 Å². The Balaban J connectivity index is 0.000000810. The van der Waals surface area contributed by atoms with Gasteiger partial charge in [0.05, 0.1) is 0 Å². The van der Waals surface area contributed by atoms with Crippen LogP contribution in [0.15, 0.2) is 6.20 Å². The molecule has 1 aromatic rings. The van der Waals surface area contributed by atoms with Gasteiger partial charge in [-0.15, -0.1) is 12.4 Å². The molecule has 0 bridgehead atoms.